The number of aromatic nitrogens is 1. The zero-order valence-electron chi connectivity index (χ0n) is 11.5. The highest BCUT2D eigenvalue weighted by molar-refractivity contribution is 8.00. The maximum Gasteiger partial charge on any atom is 0.270 e. The molecule has 1 N–H and O–H groups in total. The van der Waals surface area contributed by atoms with E-state index in [1.54, 1.807) is 6.07 Å². The van der Waals surface area contributed by atoms with Crippen LogP contribution in [0.4, 0.5) is 0 Å². The van der Waals surface area contributed by atoms with Gasteiger partial charge in [-0.25, -0.2) is 4.98 Å². The highest BCUT2D eigenvalue weighted by atomic mass is 32.2. The van der Waals surface area contributed by atoms with E-state index in [4.69, 9.17) is 4.42 Å². The molecule has 0 radical (unpaired) electrons. The third-order valence-electron chi connectivity index (χ3n) is 3.14. The molecule has 0 atom stereocenters. The molecule has 0 saturated heterocycles. The van der Waals surface area contributed by atoms with Crippen molar-refractivity contribution in [3.8, 4) is 0 Å². The quantitative estimate of drug-likeness (QED) is 0.940. The Morgan fingerprint density at radius 2 is 2.24 bits per heavy atom. The molecule has 3 heterocycles. The lowest BCUT2D eigenvalue weighted by Gasteiger charge is -2.14. The van der Waals surface area contributed by atoms with Crippen LogP contribution in [-0.4, -0.2) is 22.4 Å². The van der Waals surface area contributed by atoms with Crippen molar-refractivity contribution in [2.24, 2.45) is 0 Å². The number of nitrogens with zero attached hydrogens (tertiary/aromatic N) is 1. The van der Waals surface area contributed by atoms with Crippen LogP contribution in [0.3, 0.4) is 0 Å². The van der Waals surface area contributed by atoms with Crippen LogP contribution in [0.5, 0.6) is 0 Å². The van der Waals surface area contributed by atoms with Gasteiger partial charge in [-0.3, -0.25) is 9.59 Å². The maximum atomic E-state index is 12.1. The molecule has 1 aliphatic rings. The number of carbonyl (C=O) groups is 2. The van der Waals surface area contributed by atoms with Crippen LogP contribution in [0.25, 0.3) is 0 Å². The zero-order chi connectivity index (χ0) is 14.8. The number of rotatable bonds is 3. The fourth-order valence-corrected chi connectivity index (χ4v) is 2.97. The van der Waals surface area contributed by atoms with Gasteiger partial charge in [-0.1, -0.05) is 0 Å². The second kappa shape index (κ2) is 5.73. The van der Waals surface area contributed by atoms with Gasteiger partial charge in [0.05, 0.1) is 24.4 Å². The van der Waals surface area contributed by atoms with Crippen LogP contribution in [0, 0.1) is 6.92 Å². The molecule has 6 heteroatoms. The summed E-state index contributed by atoms with van der Waals surface area (Å²) >= 11 is 1.47. The molecule has 2 aromatic rings. The Hall–Kier alpha value is -2.08. The number of nitrogens with one attached hydrogen (secondary N) is 1. The third-order valence-corrected chi connectivity index (χ3v) is 4.29. The number of thioether (sulfide) groups is 1. The fourth-order valence-electron chi connectivity index (χ4n) is 2.11. The third kappa shape index (κ3) is 3.16. The summed E-state index contributed by atoms with van der Waals surface area (Å²) < 4.78 is 5.39. The number of hydrogen-bond acceptors (Lipinski definition) is 5. The Kier molecular flexibility index (Phi) is 3.79. The number of Topliss-reactive ketones (excluding diaryl/α,β-unsaturated/α-hetero) is 1. The van der Waals surface area contributed by atoms with E-state index in [1.807, 2.05) is 25.1 Å². The normalized spacial score (nSPS) is 13.9. The van der Waals surface area contributed by atoms with Gasteiger partial charge in [-0.15, -0.1) is 11.8 Å². The monoisotopic (exact) mass is 302 g/mol. The molecular weight excluding hydrogens is 288 g/mol. The first-order chi connectivity index (χ1) is 10.1. The average Bonchev–Trinajstić information content (AvgIpc) is 2.89. The first-order valence-corrected chi connectivity index (χ1v) is 7.58. The maximum absolute atomic E-state index is 12.1. The Morgan fingerprint density at radius 1 is 1.38 bits per heavy atom. The molecule has 3 rings (SSSR count). The summed E-state index contributed by atoms with van der Waals surface area (Å²) in [7, 11) is 0. The number of pyridine rings is 1. The Morgan fingerprint density at radius 3 is 3.00 bits per heavy atom. The number of fused-ring (bicyclic) bond motifs is 1. The standard InChI is InChI=1S/C15H14N2O3S/c1-9-2-3-11(20-9)7-16-15(19)12-4-5-14-13(17-12)6-10(18)8-21-14/h2-5H,6-8H2,1H3,(H,16,19). The van der Waals surface area contributed by atoms with Crippen molar-refractivity contribution in [1.82, 2.24) is 10.3 Å². The molecule has 0 spiro atoms. The van der Waals surface area contributed by atoms with Gasteiger partial charge < -0.3 is 9.73 Å². The van der Waals surface area contributed by atoms with E-state index < -0.39 is 0 Å². The SMILES string of the molecule is Cc1ccc(CNC(=O)c2ccc3c(n2)CC(=O)CS3)o1. The van der Waals surface area contributed by atoms with E-state index >= 15 is 0 Å². The van der Waals surface area contributed by atoms with E-state index in [2.05, 4.69) is 10.3 Å². The molecular formula is C15H14N2O3S. The van der Waals surface area contributed by atoms with Crippen LogP contribution < -0.4 is 5.32 Å². The minimum atomic E-state index is -0.269. The zero-order valence-corrected chi connectivity index (χ0v) is 12.3. The van der Waals surface area contributed by atoms with Crippen LogP contribution in [0.15, 0.2) is 33.6 Å². The minimum absolute atomic E-state index is 0.142. The molecule has 1 amide bonds. The van der Waals surface area contributed by atoms with Crippen LogP contribution in [0.1, 0.15) is 27.7 Å². The van der Waals surface area contributed by atoms with E-state index in [0.717, 1.165) is 10.7 Å². The summed E-state index contributed by atoms with van der Waals surface area (Å²) in [6.45, 7) is 2.17. The van der Waals surface area contributed by atoms with Crippen molar-refractivity contribution in [1.29, 1.82) is 0 Å². The first-order valence-electron chi connectivity index (χ1n) is 6.60. The number of amides is 1. The van der Waals surface area contributed by atoms with Crippen LogP contribution in [-0.2, 0) is 17.8 Å². The molecule has 0 unspecified atom stereocenters. The summed E-state index contributed by atoms with van der Waals surface area (Å²) in [4.78, 5) is 28.8. The Labute approximate surface area is 126 Å². The molecule has 1 aliphatic heterocycles. The number of ketones is 1. The van der Waals surface area contributed by atoms with Crippen molar-refractivity contribution < 1.29 is 14.0 Å². The van der Waals surface area contributed by atoms with Crippen molar-refractivity contribution in [3.05, 3.63) is 47.2 Å². The van der Waals surface area contributed by atoms with Crippen LogP contribution in [0.2, 0.25) is 0 Å². The van der Waals surface area contributed by atoms with Crippen LogP contribution >= 0.6 is 11.8 Å². The summed E-state index contributed by atoms with van der Waals surface area (Å²) in [5, 5.41) is 2.76. The predicted molar refractivity (Wildman–Crippen MR) is 78.3 cm³/mol. The molecule has 108 valence electrons. The lowest BCUT2D eigenvalue weighted by molar-refractivity contribution is -0.116. The molecule has 0 bridgehead atoms. The van der Waals surface area contributed by atoms with E-state index in [0.29, 0.717) is 35.9 Å². The molecule has 0 aromatic carbocycles. The highest BCUT2D eigenvalue weighted by Crippen LogP contribution is 2.27. The molecule has 5 nitrogen and oxygen atoms in total. The van der Waals surface area contributed by atoms with E-state index in [-0.39, 0.29) is 11.7 Å². The summed E-state index contributed by atoms with van der Waals surface area (Å²) in [5.74, 6) is 1.86. The number of aryl methyl sites for hydroxylation is 1. The van der Waals surface area contributed by atoms with Gasteiger partial charge in [-0.05, 0) is 31.2 Å². The average molecular weight is 302 g/mol. The summed E-state index contributed by atoms with van der Waals surface area (Å²) in [6.07, 6.45) is 0.306. The second-order valence-corrected chi connectivity index (χ2v) is 5.86. The van der Waals surface area contributed by atoms with Gasteiger partial charge >= 0.3 is 0 Å². The minimum Gasteiger partial charge on any atom is -0.465 e. The van der Waals surface area contributed by atoms with Gasteiger partial charge in [-0.2, -0.15) is 0 Å². The molecule has 0 saturated carbocycles. The molecule has 21 heavy (non-hydrogen) atoms. The lowest BCUT2D eigenvalue weighted by atomic mass is 10.2. The Bertz CT molecular complexity index is 709. The number of furan rings is 1. The number of carbonyl (C=O) groups excluding carboxylic acids is 2. The molecule has 2 aromatic heterocycles. The smallest absolute Gasteiger partial charge is 0.270 e. The van der Waals surface area contributed by atoms with Crippen molar-refractivity contribution >= 4 is 23.5 Å². The van der Waals surface area contributed by atoms with Gasteiger partial charge in [0.2, 0.25) is 0 Å². The van der Waals surface area contributed by atoms with Crippen molar-refractivity contribution in [3.63, 3.8) is 0 Å². The van der Waals surface area contributed by atoms with E-state index in [9.17, 15) is 9.59 Å². The largest absolute Gasteiger partial charge is 0.465 e. The van der Waals surface area contributed by atoms with Gasteiger partial charge in [0.1, 0.15) is 23.0 Å². The van der Waals surface area contributed by atoms with Crippen molar-refractivity contribution in [2.75, 3.05) is 5.75 Å². The number of hydrogen-bond donors (Lipinski definition) is 1. The summed E-state index contributed by atoms with van der Waals surface area (Å²) in [5.41, 5.74) is 1.02. The second-order valence-electron chi connectivity index (χ2n) is 4.84. The molecule has 0 aliphatic carbocycles. The van der Waals surface area contributed by atoms with Gasteiger partial charge in [0, 0.05) is 4.90 Å². The van der Waals surface area contributed by atoms with E-state index in [1.165, 1.54) is 11.8 Å². The first kappa shape index (κ1) is 13.9. The highest BCUT2D eigenvalue weighted by Gasteiger charge is 2.19. The van der Waals surface area contributed by atoms with Crippen molar-refractivity contribution in [2.45, 2.75) is 24.8 Å². The topological polar surface area (TPSA) is 72.2 Å². The lowest BCUT2D eigenvalue weighted by Crippen LogP contribution is -2.25. The fraction of sp³-hybridized carbons (Fsp3) is 0.267. The van der Waals surface area contributed by atoms with Gasteiger partial charge in [0.15, 0.2) is 0 Å². The summed E-state index contributed by atoms with van der Waals surface area (Å²) in [6, 6.07) is 7.21. The molecule has 0 fully saturated rings. The Balaban J connectivity index is 1.70. The van der Waals surface area contributed by atoms with Gasteiger partial charge in [0.25, 0.3) is 5.91 Å². The predicted octanol–water partition coefficient (Wildman–Crippen LogP) is 2.13.